The monoisotopic (exact) mass is 683 g/mol. The summed E-state index contributed by atoms with van der Waals surface area (Å²) in [5.74, 6) is -2.28. The van der Waals surface area contributed by atoms with E-state index in [0.717, 1.165) is 76.2 Å². The first-order chi connectivity index (χ1) is 23.0. The Morgan fingerprint density at radius 1 is 1.06 bits per heavy atom. The predicted molar refractivity (Wildman–Crippen MR) is 180 cm³/mol. The van der Waals surface area contributed by atoms with Gasteiger partial charge in [0.1, 0.15) is 11.9 Å². The zero-order chi connectivity index (χ0) is 35.8. The van der Waals surface area contributed by atoms with E-state index in [9.17, 15) is 37.1 Å². The van der Waals surface area contributed by atoms with Gasteiger partial charge in [0, 0.05) is 24.8 Å². The molecule has 0 aliphatic heterocycles. The van der Waals surface area contributed by atoms with E-state index >= 15 is 0 Å². The number of carbonyl (C=O) groups excluding carboxylic acids is 1. The van der Waals surface area contributed by atoms with Crippen LogP contribution >= 0.6 is 0 Å². The Morgan fingerprint density at radius 3 is 2.33 bits per heavy atom. The van der Waals surface area contributed by atoms with Crippen molar-refractivity contribution in [1.29, 1.82) is 0 Å². The molecule has 264 valence electrons. The van der Waals surface area contributed by atoms with Crippen LogP contribution in [0.2, 0.25) is 0 Å². The van der Waals surface area contributed by atoms with Crippen LogP contribution < -0.4 is 10.9 Å². The van der Waals surface area contributed by atoms with Gasteiger partial charge in [-0.2, -0.15) is 13.2 Å². The number of likely N-dealkylation sites (N-methyl/N-ethyl adjacent to an activating group) is 1. The summed E-state index contributed by atoms with van der Waals surface area (Å²) >= 11 is 0. The van der Waals surface area contributed by atoms with Gasteiger partial charge in [0.05, 0.1) is 18.0 Å². The first-order valence-corrected chi connectivity index (χ1v) is 17.0. The Kier molecular flexibility index (Phi) is 10.7. The molecule has 11 heteroatoms. The van der Waals surface area contributed by atoms with Crippen LogP contribution in [0.4, 0.5) is 17.6 Å². The van der Waals surface area contributed by atoms with E-state index in [2.05, 4.69) is 5.32 Å². The van der Waals surface area contributed by atoms with Crippen molar-refractivity contribution >= 4 is 11.9 Å². The number of hydrogen-bond acceptors (Lipinski definition) is 4. The number of carboxylic acid groups (broad SMARTS) is 1. The number of nitrogens with one attached hydrogen (secondary N) is 1. The molecule has 1 fully saturated rings. The number of benzene rings is 2. The summed E-state index contributed by atoms with van der Waals surface area (Å²) in [6, 6.07) is 5.42. The molecule has 2 aromatic carbocycles. The minimum atomic E-state index is -4.75. The maximum atomic E-state index is 14.2. The van der Waals surface area contributed by atoms with Gasteiger partial charge in [-0.15, -0.1) is 0 Å². The standard InChI is InChI=1S/C38H45F4N3O4/c1-21(2)13-33(45-20-25(11-12-44(5)28-9-10-28)31(18-34(45)46)38(40,41)42)37(49)43-32(19-35(47)48)26-16-24-7-6-8-29(24)30(17-26)36-22(3)14-27(39)15-23(36)4/h14-18,20-21,28,32-33H,6-13,19H2,1-5H3,(H,43,49)(H,47,48)/t32-,33-/m0/s1. The Morgan fingerprint density at radius 2 is 1.73 bits per heavy atom. The van der Waals surface area contributed by atoms with E-state index in [1.54, 1.807) is 0 Å². The lowest BCUT2D eigenvalue weighted by Gasteiger charge is -2.27. The Bertz CT molecular complexity index is 1770. The van der Waals surface area contributed by atoms with Crippen molar-refractivity contribution in [2.75, 3.05) is 13.6 Å². The summed E-state index contributed by atoms with van der Waals surface area (Å²) in [6.07, 6.45) is 0.590. The number of carbonyl (C=O) groups is 2. The lowest BCUT2D eigenvalue weighted by atomic mass is 9.87. The van der Waals surface area contributed by atoms with Crippen LogP contribution in [0.5, 0.6) is 0 Å². The number of aromatic nitrogens is 1. The summed E-state index contributed by atoms with van der Waals surface area (Å²) in [5, 5.41) is 12.8. The van der Waals surface area contributed by atoms with Gasteiger partial charge < -0.3 is 19.9 Å². The molecule has 49 heavy (non-hydrogen) atoms. The molecule has 1 heterocycles. The molecule has 1 amide bonds. The van der Waals surface area contributed by atoms with E-state index in [4.69, 9.17) is 0 Å². The molecular weight excluding hydrogens is 638 g/mol. The van der Waals surface area contributed by atoms with Crippen molar-refractivity contribution in [2.24, 2.45) is 5.92 Å². The maximum absolute atomic E-state index is 14.2. The van der Waals surface area contributed by atoms with Gasteiger partial charge in [0.15, 0.2) is 0 Å². The van der Waals surface area contributed by atoms with E-state index in [1.807, 2.05) is 51.8 Å². The molecule has 2 aliphatic rings. The quantitative estimate of drug-likeness (QED) is 0.184. The number of fused-ring (bicyclic) bond motifs is 1. The van der Waals surface area contributed by atoms with E-state index in [1.165, 1.54) is 12.1 Å². The van der Waals surface area contributed by atoms with Crippen LogP contribution in [0.25, 0.3) is 11.1 Å². The number of rotatable bonds is 13. The molecule has 1 aromatic heterocycles. The van der Waals surface area contributed by atoms with Crippen molar-refractivity contribution in [2.45, 2.75) is 103 Å². The molecule has 5 rings (SSSR count). The number of amides is 1. The molecule has 2 N–H and O–H groups in total. The minimum Gasteiger partial charge on any atom is -0.481 e. The van der Waals surface area contributed by atoms with Gasteiger partial charge in [0.2, 0.25) is 5.91 Å². The first kappa shape index (κ1) is 36.3. The number of aryl methyl sites for hydroxylation is 3. The Hall–Kier alpha value is -3.99. The summed E-state index contributed by atoms with van der Waals surface area (Å²) in [4.78, 5) is 41.6. The number of halogens is 4. The fourth-order valence-corrected chi connectivity index (χ4v) is 7.27. The molecule has 0 bridgehead atoms. The summed E-state index contributed by atoms with van der Waals surface area (Å²) in [6.45, 7) is 7.70. The fourth-order valence-electron chi connectivity index (χ4n) is 7.27. The van der Waals surface area contributed by atoms with Crippen LogP contribution in [-0.4, -0.2) is 46.1 Å². The highest BCUT2D eigenvalue weighted by Crippen LogP contribution is 2.39. The van der Waals surface area contributed by atoms with E-state index in [0.29, 0.717) is 24.2 Å². The maximum Gasteiger partial charge on any atom is 0.416 e. The molecule has 0 spiro atoms. The second-order valence-corrected chi connectivity index (χ2v) is 14.2. The van der Waals surface area contributed by atoms with Crippen LogP contribution in [0, 0.1) is 25.6 Å². The second kappa shape index (κ2) is 14.5. The van der Waals surface area contributed by atoms with E-state index in [-0.39, 0.29) is 30.1 Å². The number of pyridine rings is 1. The number of alkyl halides is 3. The molecule has 2 atom stereocenters. The van der Waals surface area contributed by atoms with Crippen LogP contribution in [0.15, 0.2) is 41.3 Å². The van der Waals surface area contributed by atoms with Gasteiger partial charge in [-0.25, -0.2) is 4.39 Å². The molecule has 7 nitrogen and oxygen atoms in total. The molecular formula is C38H45F4N3O4. The predicted octanol–water partition coefficient (Wildman–Crippen LogP) is 7.33. The summed E-state index contributed by atoms with van der Waals surface area (Å²) < 4.78 is 57.7. The lowest BCUT2D eigenvalue weighted by Crippen LogP contribution is -2.40. The van der Waals surface area contributed by atoms with E-state index < -0.39 is 47.7 Å². The smallest absolute Gasteiger partial charge is 0.416 e. The van der Waals surface area contributed by atoms with Gasteiger partial charge in [-0.1, -0.05) is 19.9 Å². The van der Waals surface area contributed by atoms with Crippen LogP contribution in [0.3, 0.4) is 0 Å². The van der Waals surface area contributed by atoms with Crippen LogP contribution in [-0.2, 0) is 35.0 Å². The molecule has 0 saturated heterocycles. The summed E-state index contributed by atoms with van der Waals surface area (Å²) in [7, 11) is 1.86. The van der Waals surface area contributed by atoms with Crippen molar-refractivity contribution in [1.82, 2.24) is 14.8 Å². The zero-order valence-electron chi connectivity index (χ0n) is 28.7. The third-order valence-electron chi connectivity index (χ3n) is 9.81. The van der Waals surface area contributed by atoms with Gasteiger partial charge in [-0.3, -0.25) is 14.4 Å². The molecule has 1 saturated carbocycles. The first-order valence-electron chi connectivity index (χ1n) is 17.0. The molecule has 2 aliphatic carbocycles. The van der Waals surface area contributed by atoms with Crippen LogP contribution in [0.1, 0.15) is 97.0 Å². The highest BCUT2D eigenvalue weighted by Gasteiger charge is 2.36. The average molecular weight is 684 g/mol. The lowest BCUT2D eigenvalue weighted by molar-refractivity contribution is -0.139. The molecule has 3 aromatic rings. The van der Waals surface area contributed by atoms with Gasteiger partial charge in [-0.05, 0) is 134 Å². The second-order valence-electron chi connectivity index (χ2n) is 14.2. The number of nitrogens with zero attached hydrogens (tertiary/aromatic N) is 2. The van der Waals surface area contributed by atoms with Crippen molar-refractivity contribution in [3.8, 4) is 11.1 Å². The molecule has 0 radical (unpaired) electrons. The van der Waals surface area contributed by atoms with Gasteiger partial charge >= 0.3 is 12.1 Å². The van der Waals surface area contributed by atoms with Gasteiger partial charge in [0.25, 0.3) is 5.56 Å². The Balaban J connectivity index is 1.54. The average Bonchev–Trinajstić information content (AvgIpc) is 3.74. The normalized spacial score (nSPS) is 15.8. The number of carboxylic acids is 1. The fraction of sp³-hybridized carbons (Fsp3) is 0.500. The Labute approximate surface area is 284 Å². The third kappa shape index (κ3) is 8.43. The number of hydrogen-bond donors (Lipinski definition) is 2. The van der Waals surface area contributed by atoms with Crippen molar-refractivity contribution in [3.63, 3.8) is 0 Å². The SMILES string of the molecule is Cc1cc(F)cc(C)c1-c1cc([C@H](CC(=O)O)NC(=O)[C@H](CC(C)C)n2cc(CCN(C)C3CC3)c(C(F)(F)F)cc2=O)cc2c1CCC2. The topological polar surface area (TPSA) is 91.6 Å². The third-order valence-corrected chi connectivity index (χ3v) is 9.81. The highest BCUT2D eigenvalue weighted by atomic mass is 19.4. The summed E-state index contributed by atoms with van der Waals surface area (Å²) in [5.41, 5.74) is 3.85. The minimum absolute atomic E-state index is 0.0416. The molecule has 0 unspecified atom stereocenters. The zero-order valence-corrected chi connectivity index (χ0v) is 28.7. The van der Waals surface area contributed by atoms with Crippen molar-refractivity contribution < 1.29 is 32.3 Å². The largest absolute Gasteiger partial charge is 0.481 e. The van der Waals surface area contributed by atoms with Crippen molar-refractivity contribution in [3.05, 3.63) is 91.6 Å². The highest BCUT2D eigenvalue weighted by molar-refractivity contribution is 5.82. The number of aliphatic carboxylic acids is 1.